The molecule has 0 aliphatic rings. The maximum atomic E-state index is 13.0. The number of nitrogens with one attached hydrogen (secondary N) is 2. The molecule has 33 heavy (non-hydrogen) atoms. The minimum atomic E-state index is -3.63. The first-order valence-corrected chi connectivity index (χ1v) is 13.2. The molecule has 0 aliphatic carbocycles. The van der Waals surface area contributed by atoms with Gasteiger partial charge < -0.3 is 5.32 Å². The van der Waals surface area contributed by atoms with E-state index < -0.39 is 27.2 Å². The molecule has 0 saturated carbocycles. The van der Waals surface area contributed by atoms with Crippen molar-refractivity contribution in [1.29, 1.82) is 0 Å². The molecular formula is C21H32N6O4S2. The van der Waals surface area contributed by atoms with Crippen LogP contribution in [0.15, 0.2) is 34.3 Å². The van der Waals surface area contributed by atoms with E-state index in [1.54, 1.807) is 45.0 Å². The first-order chi connectivity index (χ1) is 15.6. The number of thioether (sulfide) groups is 1. The number of carbonyl (C=O) groups is 2. The zero-order chi connectivity index (χ0) is 24.8. The lowest BCUT2D eigenvalue weighted by molar-refractivity contribution is -0.119. The summed E-state index contributed by atoms with van der Waals surface area (Å²) in [6.45, 7) is 10.1. The van der Waals surface area contributed by atoms with Crippen molar-refractivity contribution in [2.24, 2.45) is 0 Å². The second kappa shape index (κ2) is 11.6. The van der Waals surface area contributed by atoms with Crippen molar-refractivity contribution in [3.63, 3.8) is 0 Å². The number of carbonyl (C=O) groups excluding carboxylic acids is 2. The van der Waals surface area contributed by atoms with Gasteiger partial charge in [-0.1, -0.05) is 44.7 Å². The predicted octanol–water partition coefficient (Wildman–Crippen LogP) is 2.88. The number of hydrogen-bond donors (Lipinski definition) is 2. The number of urea groups is 1. The SMILES string of the molecule is CCC(C)n1c(SC(C)C(=O)NC(=O)NC)nnc1-c1cccc(S(=O)(=O)N(CC)CC)c1. The van der Waals surface area contributed by atoms with Crippen LogP contribution < -0.4 is 10.6 Å². The third-order valence-electron chi connectivity index (χ3n) is 5.25. The third kappa shape index (κ3) is 6.12. The number of rotatable bonds is 10. The van der Waals surface area contributed by atoms with Crippen LogP contribution in [0.3, 0.4) is 0 Å². The number of hydrogen-bond acceptors (Lipinski definition) is 7. The Bertz CT molecular complexity index is 1080. The zero-order valence-corrected chi connectivity index (χ0v) is 21.5. The fourth-order valence-electron chi connectivity index (χ4n) is 3.13. The number of aromatic nitrogens is 3. The van der Waals surface area contributed by atoms with Crippen molar-refractivity contribution in [3.8, 4) is 11.4 Å². The molecule has 0 spiro atoms. The normalized spacial score (nSPS) is 13.5. The molecule has 0 aliphatic heterocycles. The Hall–Kier alpha value is -2.44. The summed E-state index contributed by atoms with van der Waals surface area (Å²) < 4.78 is 29.3. The Balaban J connectivity index is 2.46. The van der Waals surface area contributed by atoms with Gasteiger partial charge in [0.25, 0.3) is 0 Å². The van der Waals surface area contributed by atoms with Gasteiger partial charge in [-0.15, -0.1) is 10.2 Å². The van der Waals surface area contributed by atoms with E-state index in [0.29, 0.717) is 29.6 Å². The molecule has 2 atom stereocenters. The summed E-state index contributed by atoms with van der Waals surface area (Å²) in [4.78, 5) is 23.9. The average molecular weight is 497 g/mol. The van der Waals surface area contributed by atoms with Gasteiger partial charge in [0.15, 0.2) is 11.0 Å². The molecule has 2 unspecified atom stereocenters. The van der Waals surface area contributed by atoms with E-state index in [-0.39, 0.29) is 10.9 Å². The predicted molar refractivity (Wildman–Crippen MR) is 128 cm³/mol. The smallest absolute Gasteiger partial charge is 0.321 e. The standard InChI is InChI=1S/C21H32N6O4S2/c1-7-14(4)27-18(24-25-21(27)32-15(5)19(28)23-20(29)22-6)16-11-10-12-17(13-16)33(30,31)26(8-2)9-3/h10-15H,7-9H2,1-6H3,(H2,22,23,28,29). The molecule has 0 fully saturated rings. The lowest BCUT2D eigenvalue weighted by atomic mass is 10.2. The summed E-state index contributed by atoms with van der Waals surface area (Å²) in [5, 5.41) is 13.1. The van der Waals surface area contributed by atoms with Crippen LogP contribution in [0, 0.1) is 0 Å². The van der Waals surface area contributed by atoms with E-state index in [9.17, 15) is 18.0 Å². The van der Waals surface area contributed by atoms with Crippen molar-refractivity contribution in [2.75, 3.05) is 20.1 Å². The average Bonchev–Trinajstić information content (AvgIpc) is 3.22. The van der Waals surface area contributed by atoms with E-state index in [0.717, 1.165) is 6.42 Å². The fourth-order valence-corrected chi connectivity index (χ4v) is 5.58. The highest BCUT2D eigenvalue weighted by molar-refractivity contribution is 8.00. The van der Waals surface area contributed by atoms with Crippen LogP contribution in [0.4, 0.5) is 4.79 Å². The van der Waals surface area contributed by atoms with Gasteiger partial charge in [0.1, 0.15) is 0 Å². The first kappa shape index (κ1) is 26.8. The van der Waals surface area contributed by atoms with E-state index in [4.69, 9.17) is 0 Å². The third-order valence-corrected chi connectivity index (χ3v) is 8.35. The molecule has 0 radical (unpaired) electrons. The first-order valence-electron chi connectivity index (χ1n) is 10.8. The lowest BCUT2D eigenvalue weighted by Gasteiger charge is -2.20. The molecule has 2 aromatic rings. The van der Waals surface area contributed by atoms with Crippen LogP contribution in [0.2, 0.25) is 0 Å². The highest BCUT2D eigenvalue weighted by atomic mass is 32.2. The van der Waals surface area contributed by atoms with Crippen LogP contribution >= 0.6 is 11.8 Å². The molecule has 1 heterocycles. The number of imide groups is 1. The van der Waals surface area contributed by atoms with Crippen LogP contribution in [0.25, 0.3) is 11.4 Å². The molecule has 2 N–H and O–H groups in total. The maximum Gasteiger partial charge on any atom is 0.321 e. The molecule has 1 aromatic heterocycles. The van der Waals surface area contributed by atoms with Crippen LogP contribution in [0.5, 0.6) is 0 Å². The van der Waals surface area contributed by atoms with Gasteiger partial charge in [-0.25, -0.2) is 13.2 Å². The Morgan fingerprint density at radius 2 is 1.82 bits per heavy atom. The summed E-state index contributed by atoms with van der Waals surface area (Å²) in [5.41, 5.74) is 0.616. The Kier molecular flexibility index (Phi) is 9.44. The van der Waals surface area contributed by atoms with Gasteiger partial charge in [-0.3, -0.25) is 14.7 Å². The van der Waals surface area contributed by atoms with Gasteiger partial charge in [0.05, 0.1) is 10.1 Å². The largest absolute Gasteiger partial charge is 0.341 e. The van der Waals surface area contributed by atoms with Crippen molar-refractivity contribution in [3.05, 3.63) is 24.3 Å². The molecule has 0 saturated heterocycles. The molecule has 10 nitrogen and oxygen atoms in total. The maximum absolute atomic E-state index is 13.0. The van der Waals surface area contributed by atoms with Crippen molar-refractivity contribution >= 4 is 33.7 Å². The van der Waals surface area contributed by atoms with Crippen molar-refractivity contribution in [2.45, 2.75) is 62.4 Å². The Labute approximate surface area is 199 Å². The summed E-state index contributed by atoms with van der Waals surface area (Å²) in [5.74, 6) is 0.0641. The highest BCUT2D eigenvalue weighted by Gasteiger charge is 2.26. The minimum absolute atomic E-state index is 0.00486. The van der Waals surface area contributed by atoms with E-state index in [1.165, 1.54) is 23.1 Å². The summed E-state index contributed by atoms with van der Waals surface area (Å²) >= 11 is 1.18. The summed E-state index contributed by atoms with van der Waals surface area (Å²) in [7, 11) is -2.20. The molecule has 12 heteroatoms. The van der Waals surface area contributed by atoms with Gasteiger partial charge in [-0.05, 0) is 32.4 Å². The van der Waals surface area contributed by atoms with E-state index >= 15 is 0 Å². The summed E-state index contributed by atoms with van der Waals surface area (Å²) in [6, 6.07) is 6.07. The second-order valence-electron chi connectivity index (χ2n) is 7.38. The van der Waals surface area contributed by atoms with Crippen LogP contribution in [-0.4, -0.2) is 64.8 Å². The monoisotopic (exact) mass is 496 g/mol. The molecule has 3 amide bonds. The number of amides is 3. The molecule has 0 bridgehead atoms. The Morgan fingerprint density at radius 3 is 2.39 bits per heavy atom. The van der Waals surface area contributed by atoms with Crippen LogP contribution in [0.1, 0.15) is 47.1 Å². The van der Waals surface area contributed by atoms with Gasteiger partial charge in [0, 0.05) is 31.7 Å². The molecular weight excluding hydrogens is 464 g/mol. The van der Waals surface area contributed by atoms with Crippen LogP contribution in [-0.2, 0) is 14.8 Å². The van der Waals surface area contributed by atoms with Gasteiger partial charge in [-0.2, -0.15) is 4.31 Å². The van der Waals surface area contributed by atoms with E-state index in [1.807, 2.05) is 18.4 Å². The lowest BCUT2D eigenvalue weighted by Crippen LogP contribution is -2.41. The number of benzene rings is 1. The molecule has 182 valence electrons. The van der Waals surface area contributed by atoms with Crippen molar-refractivity contribution in [1.82, 2.24) is 29.7 Å². The second-order valence-corrected chi connectivity index (χ2v) is 10.6. The molecule has 2 rings (SSSR count). The molecule has 1 aromatic carbocycles. The number of sulfonamides is 1. The quantitative estimate of drug-likeness (QED) is 0.484. The minimum Gasteiger partial charge on any atom is -0.341 e. The number of nitrogens with zero attached hydrogens (tertiary/aromatic N) is 4. The topological polar surface area (TPSA) is 126 Å². The highest BCUT2D eigenvalue weighted by Crippen LogP contribution is 2.32. The van der Waals surface area contributed by atoms with Crippen molar-refractivity contribution < 1.29 is 18.0 Å². The fraction of sp³-hybridized carbons (Fsp3) is 0.524. The zero-order valence-electron chi connectivity index (χ0n) is 19.8. The summed E-state index contributed by atoms with van der Waals surface area (Å²) in [6.07, 6.45) is 0.773. The van der Waals surface area contributed by atoms with Gasteiger partial charge in [0.2, 0.25) is 15.9 Å². The Morgan fingerprint density at radius 1 is 1.15 bits per heavy atom. The van der Waals surface area contributed by atoms with Gasteiger partial charge >= 0.3 is 6.03 Å². The van der Waals surface area contributed by atoms with E-state index in [2.05, 4.69) is 20.8 Å².